The first-order chi connectivity index (χ1) is 8.67. The number of nitrogens with zero attached hydrogens (tertiary/aromatic N) is 3. The van der Waals surface area contributed by atoms with E-state index in [1.165, 1.54) is 5.56 Å². The monoisotopic (exact) mass is 254 g/mol. The molecule has 6 heteroatoms. The molecule has 1 aromatic rings. The first-order valence-corrected chi connectivity index (χ1v) is 6.28. The number of carbonyl (C=O) groups excluding carboxylic acids is 1. The summed E-state index contributed by atoms with van der Waals surface area (Å²) in [6.45, 7) is 3.51. The van der Waals surface area contributed by atoms with E-state index in [9.17, 15) is 4.79 Å². The fourth-order valence-corrected chi connectivity index (χ4v) is 1.72. The van der Waals surface area contributed by atoms with E-state index < -0.39 is 0 Å². The summed E-state index contributed by atoms with van der Waals surface area (Å²) in [5.41, 5.74) is 1.18. The number of aliphatic hydroxyl groups is 1. The lowest BCUT2D eigenvalue weighted by Gasteiger charge is -2.20. The Bertz CT molecular complexity index is 365. The highest BCUT2D eigenvalue weighted by Crippen LogP contribution is 2.00. The van der Waals surface area contributed by atoms with Crippen molar-refractivity contribution < 1.29 is 9.90 Å². The molecule has 102 valence electrons. The van der Waals surface area contributed by atoms with Gasteiger partial charge in [0.1, 0.15) is 0 Å². The topological polar surface area (TPSA) is 70.4 Å². The van der Waals surface area contributed by atoms with Gasteiger partial charge in [-0.2, -0.15) is 5.10 Å². The van der Waals surface area contributed by atoms with Crippen LogP contribution in [0.1, 0.15) is 18.9 Å². The van der Waals surface area contributed by atoms with Crippen LogP contribution in [0.4, 0.5) is 4.79 Å². The maximum atomic E-state index is 11.7. The molecule has 0 saturated carbocycles. The Morgan fingerprint density at radius 3 is 2.94 bits per heavy atom. The molecule has 0 fully saturated rings. The third-order valence-corrected chi connectivity index (χ3v) is 2.72. The predicted octanol–water partition coefficient (Wildman–Crippen LogP) is 0.377. The molecule has 1 rings (SSSR count). The molecule has 0 bridgehead atoms. The quantitative estimate of drug-likeness (QED) is 0.691. The molecule has 2 N–H and O–H groups in total. The van der Waals surface area contributed by atoms with Crippen LogP contribution in [0, 0.1) is 0 Å². The highest BCUT2D eigenvalue weighted by molar-refractivity contribution is 5.74. The molecule has 0 aliphatic rings. The minimum Gasteiger partial charge on any atom is -0.395 e. The van der Waals surface area contributed by atoms with Crippen LogP contribution in [-0.4, -0.2) is 52.1 Å². The molecular formula is C12H22N4O2. The lowest BCUT2D eigenvalue weighted by Crippen LogP contribution is -2.41. The van der Waals surface area contributed by atoms with Crippen molar-refractivity contribution in [3.05, 3.63) is 18.0 Å². The van der Waals surface area contributed by atoms with Gasteiger partial charge in [-0.1, -0.05) is 0 Å². The van der Waals surface area contributed by atoms with E-state index in [2.05, 4.69) is 10.4 Å². The van der Waals surface area contributed by atoms with Crippen LogP contribution in [0.25, 0.3) is 0 Å². The zero-order valence-corrected chi connectivity index (χ0v) is 11.1. The standard InChI is InChI=1S/C12H22N4O2/c1-3-16(7-8-17)12(18)13-6-4-5-11-9-14-15(2)10-11/h9-10,17H,3-8H2,1-2H3,(H,13,18). The Labute approximate surface area is 108 Å². The summed E-state index contributed by atoms with van der Waals surface area (Å²) in [6.07, 6.45) is 5.60. The summed E-state index contributed by atoms with van der Waals surface area (Å²) < 4.78 is 1.77. The van der Waals surface area contributed by atoms with E-state index in [0.717, 1.165) is 12.8 Å². The van der Waals surface area contributed by atoms with Crippen molar-refractivity contribution >= 4 is 6.03 Å². The second-order valence-electron chi connectivity index (χ2n) is 4.16. The van der Waals surface area contributed by atoms with Crippen molar-refractivity contribution in [1.82, 2.24) is 20.0 Å². The molecule has 0 saturated heterocycles. The number of aliphatic hydroxyl groups excluding tert-OH is 1. The number of aryl methyl sites for hydroxylation is 2. The number of nitrogens with one attached hydrogen (secondary N) is 1. The number of urea groups is 1. The molecule has 0 aliphatic carbocycles. The first kappa shape index (κ1) is 14.5. The molecule has 0 atom stereocenters. The van der Waals surface area contributed by atoms with Gasteiger partial charge in [0.05, 0.1) is 12.8 Å². The number of likely N-dealkylation sites (N-methyl/N-ethyl adjacent to an activating group) is 1. The van der Waals surface area contributed by atoms with Gasteiger partial charge in [-0.3, -0.25) is 4.68 Å². The van der Waals surface area contributed by atoms with Gasteiger partial charge >= 0.3 is 6.03 Å². The number of amides is 2. The maximum Gasteiger partial charge on any atom is 0.317 e. The molecule has 0 aromatic carbocycles. The van der Waals surface area contributed by atoms with Crippen LogP contribution < -0.4 is 5.32 Å². The largest absolute Gasteiger partial charge is 0.395 e. The summed E-state index contributed by atoms with van der Waals surface area (Å²) in [5, 5.41) is 15.7. The highest BCUT2D eigenvalue weighted by atomic mass is 16.3. The van der Waals surface area contributed by atoms with Gasteiger partial charge in [0.15, 0.2) is 0 Å². The smallest absolute Gasteiger partial charge is 0.317 e. The van der Waals surface area contributed by atoms with Crippen LogP contribution in [-0.2, 0) is 13.5 Å². The van der Waals surface area contributed by atoms with Crippen LogP contribution in [0.2, 0.25) is 0 Å². The van der Waals surface area contributed by atoms with E-state index in [1.54, 1.807) is 9.58 Å². The Morgan fingerprint density at radius 2 is 2.39 bits per heavy atom. The average molecular weight is 254 g/mol. The normalized spacial score (nSPS) is 10.4. The maximum absolute atomic E-state index is 11.7. The third-order valence-electron chi connectivity index (χ3n) is 2.72. The van der Waals surface area contributed by atoms with Crippen molar-refractivity contribution in [1.29, 1.82) is 0 Å². The summed E-state index contributed by atoms with van der Waals surface area (Å²) in [7, 11) is 1.89. The van der Waals surface area contributed by atoms with Crippen molar-refractivity contribution in [3.8, 4) is 0 Å². The second-order valence-corrected chi connectivity index (χ2v) is 4.16. The fraction of sp³-hybridized carbons (Fsp3) is 0.667. The minimum absolute atomic E-state index is 0.00303. The van der Waals surface area contributed by atoms with E-state index in [-0.39, 0.29) is 12.6 Å². The van der Waals surface area contributed by atoms with Crippen LogP contribution in [0.5, 0.6) is 0 Å². The molecule has 0 aliphatic heterocycles. The molecule has 18 heavy (non-hydrogen) atoms. The van der Waals surface area contributed by atoms with Gasteiger partial charge in [0.25, 0.3) is 0 Å². The predicted molar refractivity (Wildman–Crippen MR) is 69.3 cm³/mol. The van der Waals surface area contributed by atoms with Gasteiger partial charge in [-0.25, -0.2) is 4.79 Å². The SMILES string of the molecule is CCN(CCO)C(=O)NCCCc1cnn(C)c1. The molecule has 0 unspecified atom stereocenters. The summed E-state index contributed by atoms with van der Waals surface area (Å²) in [4.78, 5) is 13.3. The van der Waals surface area contributed by atoms with E-state index in [0.29, 0.717) is 19.6 Å². The Hall–Kier alpha value is -1.56. The van der Waals surface area contributed by atoms with Gasteiger partial charge in [-0.05, 0) is 25.3 Å². The van der Waals surface area contributed by atoms with E-state index >= 15 is 0 Å². The molecule has 1 aromatic heterocycles. The molecule has 2 amide bonds. The Balaban J connectivity index is 2.18. The number of hydrogen-bond donors (Lipinski definition) is 2. The summed E-state index contributed by atoms with van der Waals surface area (Å²) >= 11 is 0. The van der Waals surface area contributed by atoms with Crippen LogP contribution >= 0.6 is 0 Å². The fourth-order valence-electron chi connectivity index (χ4n) is 1.72. The molecule has 6 nitrogen and oxygen atoms in total. The molecule has 0 radical (unpaired) electrons. The number of aromatic nitrogens is 2. The minimum atomic E-state index is -0.113. The summed E-state index contributed by atoms with van der Waals surface area (Å²) in [5.74, 6) is 0. The van der Waals surface area contributed by atoms with Crippen molar-refractivity contribution in [2.75, 3.05) is 26.2 Å². The van der Waals surface area contributed by atoms with Crippen LogP contribution in [0.15, 0.2) is 12.4 Å². The highest BCUT2D eigenvalue weighted by Gasteiger charge is 2.09. The average Bonchev–Trinajstić information content (AvgIpc) is 2.77. The van der Waals surface area contributed by atoms with Gasteiger partial charge in [0, 0.05) is 32.9 Å². The van der Waals surface area contributed by atoms with Crippen molar-refractivity contribution in [2.45, 2.75) is 19.8 Å². The number of carbonyl (C=O) groups is 1. The van der Waals surface area contributed by atoms with E-state index in [1.807, 2.05) is 26.4 Å². The Morgan fingerprint density at radius 1 is 1.61 bits per heavy atom. The van der Waals surface area contributed by atoms with Gasteiger partial charge in [-0.15, -0.1) is 0 Å². The lowest BCUT2D eigenvalue weighted by atomic mass is 10.2. The van der Waals surface area contributed by atoms with Gasteiger partial charge in [0.2, 0.25) is 0 Å². The zero-order chi connectivity index (χ0) is 13.4. The zero-order valence-electron chi connectivity index (χ0n) is 11.1. The summed E-state index contributed by atoms with van der Waals surface area (Å²) in [6, 6.07) is -0.113. The molecular weight excluding hydrogens is 232 g/mol. The van der Waals surface area contributed by atoms with Gasteiger partial charge < -0.3 is 15.3 Å². The first-order valence-electron chi connectivity index (χ1n) is 6.28. The van der Waals surface area contributed by atoms with Crippen molar-refractivity contribution in [2.24, 2.45) is 7.05 Å². The van der Waals surface area contributed by atoms with Crippen molar-refractivity contribution in [3.63, 3.8) is 0 Å². The number of rotatable bonds is 7. The Kier molecular flexibility index (Phi) is 6.21. The molecule has 0 spiro atoms. The van der Waals surface area contributed by atoms with Crippen LogP contribution in [0.3, 0.4) is 0 Å². The number of hydrogen-bond acceptors (Lipinski definition) is 3. The third kappa shape index (κ3) is 4.75. The second kappa shape index (κ2) is 7.71. The molecule has 1 heterocycles. The van der Waals surface area contributed by atoms with E-state index in [4.69, 9.17) is 5.11 Å². The lowest BCUT2D eigenvalue weighted by molar-refractivity contribution is 0.180.